The van der Waals surface area contributed by atoms with Crippen molar-refractivity contribution in [3.05, 3.63) is 52.0 Å². The van der Waals surface area contributed by atoms with Crippen LogP contribution in [0.1, 0.15) is 80.0 Å². The minimum Gasteiger partial charge on any atom is -0.444 e. The second kappa shape index (κ2) is 15.0. The highest BCUT2D eigenvalue weighted by atomic mass is 79.9. The summed E-state index contributed by atoms with van der Waals surface area (Å²) in [6.45, 7) is 18.0. The molecule has 48 heavy (non-hydrogen) atoms. The molecule has 0 bridgehead atoms. The van der Waals surface area contributed by atoms with Gasteiger partial charge in [0.1, 0.15) is 37.8 Å². The number of amidine groups is 1. The van der Waals surface area contributed by atoms with Gasteiger partial charge in [-0.25, -0.2) is 22.7 Å². The number of rotatable bonds is 11. The van der Waals surface area contributed by atoms with Gasteiger partial charge in [-0.1, -0.05) is 56.6 Å². The molecule has 1 aromatic heterocycles. The fourth-order valence-corrected chi connectivity index (χ4v) is 13.6. The first-order chi connectivity index (χ1) is 22.1. The van der Waals surface area contributed by atoms with Crippen molar-refractivity contribution < 1.29 is 30.7 Å². The molecule has 1 aliphatic heterocycles. The number of hydrogen-bond acceptors (Lipinski definition) is 9. The molecule has 0 fully saturated rings. The highest BCUT2D eigenvalue weighted by molar-refractivity contribution is 9.10. The third-order valence-corrected chi connectivity index (χ3v) is 19.7. The van der Waals surface area contributed by atoms with Crippen molar-refractivity contribution in [3.8, 4) is 0 Å². The van der Waals surface area contributed by atoms with E-state index in [1.165, 1.54) is 12.1 Å². The number of aryl methyl sites for hydroxylation is 1. The van der Waals surface area contributed by atoms with E-state index in [9.17, 15) is 13.2 Å². The summed E-state index contributed by atoms with van der Waals surface area (Å²) in [5.41, 5.74) is -1.37. The lowest BCUT2D eigenvalue weighted by Crippen LogP contribution is -2.58. The van der Waals surface area contributed by atoms with Crippen molar-refractivity contribution in [2.24, 2.45) is 9.36 Å². The van der Waals surface area contributed by atoms with Crippen molar-refractivity contribution in [3.63, 3.8) is 0 Å². The van der Waals surface area contributed by atoms with Crippen molar-refractivity contribution in [1.29, 1.82) is 0 Å². The monoisotopic (exact) mass is 788 g/mol. The van der Waals surface area contributed by atoms with Gasteiger partial charge in [-0.15, -0.1) is 0 Å². The third kappa shape index (κ3) is 8.74. The number of aromatic nitrogens is 1. The normalized spacial score (nSPS) is 21.4. The van der Waals surface area contributed by atoms with Crippen molar-refractivity contribution in [2.75, 3.05) is 18.9 Å². The van der Waals surface area contributed by atoms with Crippen LogP contribution in [0.4, 0.5) is 9.18 Å². The van der Waals surface area contributed by atoms with Gasteiger partial charge in [-0.3, -0.25) is 14.5 Å². The summed E-state index contributed by atoms with van der Waals surface area (Å²) in [6, 6.07) is 10.6. The van der Waals surface area contributed by atoms with E-state index in [2.05, 4.69) is 51.4 Å². The zero-order valence-corrected chi connectivity index (χ0v) is 33.9. The highest BCUT2D eigenvalue weighted by Gasteiger charge is 2.51. The molecule has 0 saturated carbocycles. The maximum absolute atomic E-state index is 16.8. The van der Waals surface area contributed by atoms with E-state index < -0.39 is 55.7 Å². The van der Waals surface area contributed by atoms with Crippen LogP contribution in [-0.4, -0.2) is 66.9 Å². The quantitative estimate of drug-likeness (QED) is 0.110. The molecule has 1 aliphatic rings. The Labute approximate surface area is 295 Å². The van der Waals surface area contributed by atoms with E-state index in [0.717, 1.165) is 23.7 Å². The summed E-state index contributed by atoms with van der Waals surface area (Å²) in [5.74, 6) is -0.632. The molecule has 0 unspecified atom stereocenters. The number of nitrogens with one attached hydrogen (secondary N) is 1. The van der Waals surface area contributed by atoms with Gasteiger partial charge in [0.2, 0.25) is 0 Å². The van der Waals surface area contributed by atoms with E-state index >= 15 is 8.60 Å². The topological polar surface area (TPSA) is 136 Å². The molecule has 2 heterocycles. The van der Waals surface area contributed by atoms with E-state index in [4.69, 9.17) is 13.9 Å². The fourth-order valence-electron chi connectivity index (χ4n) is 5.81. The van der Waals surface area contributed by atoms with E-state index in [-0.39, 0.29) is 41.8 Å². The maximum Gasteiger partial charge on any atom is 0.413 e. The number of ether oxygens (including phenoxy) is 1. The van der Waals surface area contributed by atoms with Gasteiger partial charge in [0, 0.05) is 0 Å². The summed E-state index contributed by atoms with van der Waals surface area (Å²) < 4.78 is 71.6. The number of benzene rings is 1. The highest BCUT2D eigenvalue weighted by Crippen LogP contribution is 2.40. The number of pyridine rings is 1. The SMILES string of the molecule is CC[Si](CC)(CC)c1cc(Br)nc([C@]2(C)C[S@@](=O)(=NCCCOS(=O)(=O)c3ccc(C)cc3)C(C)(C)C(NC(=O)OC(C)(C)C)=N2)c1F. The molecule has 0 aliphatic carbocycles. The molecule has 10 nitrogen and oxygen atoms in total. The Morgan fingerprint density at radius 2 is 1.71 bits per heavy atom. The molecule has 0 radical (unpaired) electrons. The van der Waals surface area contributed by atoms with Crippen LogP contribution >= 0.6 is 15.9 Å². The summed E-state index contributed by atoms with van der Waals surface area (Å²) in [6.07, 6.45) is -0.653. The molecule has 1 amide bonds. The van der Waals surface area contributed by atoms with Crippen LogP contribution in [0.25, 0.3) is 0 Å². The zero-order valence-electron chi connectivity index (χ0n) is 29.7. The number of carbonyl (C=O) groups is 1. The number of amides is 1. The minimum absolute atomic E-state index is 0.0152. The average molecular weight is 790 g/mol. The number of aliphatic imine (C=N–C) groups is 1. The van der Waals surface area contributed by atoms with Crippen LogP contribution in [0.3, 0.4) is 0 Å². The van der Waals surface area contributed by atoms with Gasteiger partial charge in [-0.2, -0.15) is 8.42 Å². The first kappa shape index (κ1) is 40.2. The Bertz CT molecular complexity index is 1760. The van der Waals surface area contributed by atoms with Crippen LogP contribution in [0.5, 0.6) is 0 Å². The Balaban J connectivity index is 2.08. The number of alkyl carbamates (subject to hydrolysis) is 1. The first-order valence-corrected chi connectivity index (χ1v) is 22.7. The predicted molar refractivity (Wildman–Crippen MR) is 196 cm³/mol. The Kier molecular flexibility index (Phi) is 12.5. The van der Waals surface area contributed by atoms with Gasteiger partial charge in [0.05, 0.1) is 41.6 Å². The number of hydrogen-bond donors (Lipinski definition) is 1. The lowest BCUT2D eigenvalue weighted by atomic mass is 9.98. The summed E-state index contributed by atoms with van der Waals surface area (Å²) in [7, 11) is -9.56. The second-order valence-electron chi connectivity index (χ2n) is 13.9. The summed E-state index contributed by atoms with van der Waals surface area (Å²) >= 11 is 3.50. The number of nitrogens with zero attached hydrogens (tertiary/aromatic N) is 3. The van der Waals surface area contributed by atoms with E-state index in [0.29, 0.717) is 9.79 Å². The van der Waals surface area contributed by atoms with Crippen LogP contribution in [0, 0.1) is 12.7 Å². The molecule has 15 heteroatoms. The molecule has 1 N–H and O–H groups in total. The molecule has 268 valence electrons. The van der Waals surface area contributed by atoms with Crippen molar-refractivity contribution in [1.82, 2.24) is 10.3 Å². The molecule has 0 spiro atoms. The molecule has 3 rings (SSSR count). The number of halogens is 2. The molecule has 2 aromatic rings. The van der Waals surface area contributed by atoms with Crippen molar-refractivity contribution in [2.45, 2.75) is 115 Å². The smallest absolute Gasteiger partial charge is 0.413 e. The van der Waals surface area contributed by atoms with Crippen molar-refractivity contribution >= 4 is 61.0 Å². The Hall–Kier alpha value is -2.20. The molecular formula is C33H50BrFN4O6S2Si. The van der Waals surface area contributed by atoms with Crippen LogP contribution in [0.2, 0.25) is 18.1 Å². The zero-order chi connectivity index (χ0) is 36.3. The number of carbonyl (C=O) groups excluding carboxylic acids is 1. The minimum atomic E-state index is -3.99. The Morgan fingerprint density at radius 3 is 2.25 bits per heavy atom. The van der Waals surface area contributed by atoms with Crippen LogP contribution < -0.4 is 10.5 Å². The van der Waals surface area contributed by atoms with Crippen LogP contribution in [0.15, 0.2) is 49.2 Å². The van der Waals surface area contributed by atoms with Gasteiger partial charge in [-0.05, 0) is 94.2 Å². The van der Waals surface area contributed by atoms with Crippen LogP contribution in [-0.2, 0) is 34.3 Å². The fraction of sp³-hybridized carbons (Fsp3) is 0.606. The molecular weight excluding hydrogens is 740 g/mol. The van der Waals surface area contributed by atoms with Gasteiger partial charge in [0.15, 0.2) is 0 Å². The standard InChI is InChI=1S/C33H50BrFN4O6S2Si/c1-11-48(12-2,13-3)25-21-26(34)37-28(27(25)35)33(10)22-46(41,32(8,9)29(39-33)38-30(40)45-31(5,6)7)36-19-14-20-44-47(42,43)24-17-15-23(4)16-18-24/h15-18,21H,11-14,19-20,22H2,1-10H3,(H,38,39,40)/t33-,46-/m0/s1. The van der Waals surface area contributed by atoms with E-state index in [1.807, 2.05) is 6.92 Å². The first-order valence-electron chi connectivity index (χ1n) is 16.2. The molecule has 1 aromatic carbocycles. The maximum atomic E-state index is 16.8. The van der Waals surface area contributed by atoms with Gasteiger partial charge in [0.25, 0.3) is 10.1 Å². The lowest BCUT2D eigenvalue weighted by Gasteiger charge is -2.42. The second-order valence-corrected chi connectivity index (χ2v) is 24.4. The largest absolute Gasteiger partial charge is 0.444 e. The summed E-state index contributed by atoms with van der Waals surface area (Å²) in [4.78, 5) is 22.5. The molecule has 2 atom stereocenters. The van der Waals surface area contributed by atoms with Gasteiger partial charge >= 0.3 is 6.09 Å². The average Bonchev–Trinajstić information content (AvgIpc) is 2.97. The lowest BCUT2D eigenvalue weighted by molar-refractivity contribution is 0.0560. The van der Waals surface area contributed by atoms with E-state index in [1.54, 1.807) is 59.7 Å². The predicted octanol–water partition coefficient (Wildman–Crippen LogP) is 7.20. The van der Waals surface area contributed by atoms with Gasteiger partial charge < -0.3 is 4.74 Å². The molecule has 0 saturated heterocycles. The summed E-state index contributed by atoms with van der Waals surface area (Å²) in [5, 5.41) is 3.32. The Morgan fingerprint density at radius 1 is 1.12 bits per heavy atom. The third-order valence-electron chi connectivity index (χ3n) is 9.01.